The van der Waals surface area contributed by atoms with Gasteiger partial charge in [-0.1, -0.05) is 89.1 Å². The van der Waals surface area contributed by atoms with Gasteiger partial charge in [0.25, 0.3) is 0 Å². The van der Waals surface area contributed by atoms with Gasteiger partial charge in [0.05, 0.1) is 0 Å². The fourth-order valence-corrected chi connectivity index (χ4v) is 8.01. The molecule has 2 aromatic rings. The molecule has 0 atom stereocenters. The Hall–Kier alpha value is -2.10. The molecule has 4 rings (SSSR count). The summed E-state index contributed by atoms with van der Waals surface area (Å²) in [7, 11) is 0. The first kappa shape index (κ1) is 30.8. The van der Waals surface area contributed by atoms with Crippen LogP contribution in [0.5, 0.6) is 0 Å². The predicted octanol–water partition coefficient (Wildman–Crippen LogP) is 9.19. The molecule has 220 valence electrons. The second-order valence-corrected chi connectivity index (χ2v) is 14.3. The van der Waals surface area contributed by atoms with Gasteiger partial charge in [-0.15, -0.1) is 0 Å². The van der Waals surface area contributed by atoms with Gasteiger partial charge < -0.3 is 9.88 Å². The van der Waals surface area contributed by atoms with Gasteiger partial charge in [0.1, 0.15) is 0 Å². The van der Waals surface area contributed by atoms with Crippen LogP contribution in [0.25, 0.3) is 10.9 Å². The topological polar surface area (TPSA) is 22.3 Å². The Morgan fingerprint density at radius 3 is 2.27 bits per heavy atom. The lowest BCUT2D eigenvalue weighted by molar-refractivity contribution is 0.0502. The third kappa shape index (κ3) is 8.70. The quantitative estimate of drug-likeness (QED) is 0.302. The second-order valence-electron chi connectivity index (χ2n) is 14.3. The van der Waals surface area contributed by atoms with Crippen molar-refractivity contribution in [1.82, 2.24) is 14.8 Å². The maximum Gasteiger partial charge on any atom is 0.0456 e. The molecule has 1 aromatic heterocycles. The van der Waals surface area contributed by atoms with Crippen molar-refractivity contribution >= 4 is 10.9 Å². The Balaban J connectivity index is 1.24. The highest BCUT2D eigenvalue weighted by atomic mass is 15.3. The Kier molecular flexibility index (Phi) is 10.9. The van der Waals surface area contributed by atoms with E-state index in [2.05, 4.69) is 117 Å². The Bertz CT molecular complexity index is 1130. The van der Waals surface area contributed by atoms with E-state index in [0.717, 1.165) is 18.4 Å². The molecule has 40 heavy (non-hydrogen) atoms. The first-order valence-electron chi connectivity index (χ1n) is 16.2. The average Bonchev–Trinajstić information content (AvgIpc) is 3.28. The zero-order chi connectivity index (χ0) is 28.6. The lowest BCUT2D eigenvalue weighted by atomic mass is 9.72. The molecule has 1 aliphatic carbocycles. The Morgan fingerprint density at radius 2 is 1.60 bits per heavy atom. The summed E-state index contributed by atoms with van der Waals surface area (Å²) in [6.07, 6.45) is 24.0. The van der Waals surface area contributed by atoms with Crippen LogP contribution in [0.3, 0.4) is 0 Å². The van der Waals surface area contributed by atoms with E-state index in [1.54, 1.807) is 0 Å². The molecular weight excluding hydrogens is 486 g/mol. The highest BCUT2D eigenvalue weighted by Crippen LogP contribution is 2.38. The van der Waals surface area contributed by atoms with E-state index in [4.69, 9.17) is 0 Å². The summed E-state index contributed by atoms with van der Waals surface area (Å²) in [6, 6.07) is 9.52. The van der Waals surface area contributed by atoms with Gasteiger partial charge in [-0.2, -0.15) is 0 Å². The minimum absolute atomic E-state index is 0.266. The van der Waals surface area contributed by atoms with Gasteiger partial charge in [-0.05, 0) is 86.3 Å². The van der Waals surface area contributed by atoms with Crippen LogP contribution in [-0.2, 0) is 6.42 Å². The van der Waals surface area contributed by atoms with E-state index in [-0.39, 0.29) is 5.41 Å². The first-order chi connectivity index (χ1) is 19.2. The van der Waals surface area contributed by atoms with Crippen LogP contribution in [0.15, 0.2) is 66.4 Å². The summed E-state index contributed by atoms with van der Waals surface area (Å²) in [4.78, 5) is 9.07. The van der Waals surface area contributed by atoms with Crippen molar-refractivity contribution in [2.45, 2.75) is 99.0 Å². The zero-order valence-corrected chi connectivity index (χ0v) is 26.5. The number of aromatic amines is 1. The number of nitrogens with zero attached hydrogens (tertiary/aromatic N) is 2. The van der Waals surface area contributed by atoms with E-state index < -0.39 is 0 Å². The number of hydrogen-bond acceptors (Lipinski definition) is 2. The van der Waals surface area contributed by atoms with Crippen molar-refractivity contribution in [1.29, 1.82) is 0 Å². The molecule has 1 saturated heterocycles. The normalized spacial score (nSPS) is 23.3. The number of piperazine rings is 1. The third-order valence-corrected chi connectivity index (χ3v) is 9.37. The molecule has 2 fully saturated rings. The van der Waals surface area contributed by atoms with E-state index >= 15 is 0 Å². The molecule has 2 aliphatic rings. The van der Waals surface area contributed by atoms with Crippen LogP contribution in [-0.4, -0.2) is 53.5 Å². The average molecular weight is 544 g/mol. The smallest absolute Gasteiger partial charge is 0.0456 e. The van der Waals surface area contributed by atoms with E-state index in [1.807, 2.05) is 0 Å². The molecule has 1 N–H and O–H groups in total. The molecule has 3 heteroatoms. The molecule has 1 saturated carbocycles. The van der Waals surface area contributed by atoms with E-state index in [1.165, 1.54) is 99.7 Å². The van der Waals surface area contributed by atoms with E-state index in [0.29, 0.717) is 5.41 Å². The number of rotatable bonds is 10. The Labute approximate surface area is 245 Å². The van der Waals surface area contributed by atoms with Gasteiger partial charge in [-0.3, -0.25) is 4.90 Å². The third-order valence-electron chi connectivity index (χ3n) is 9.37. The van der Waals surface area contributed by atoms with Crippen LogP contribution in [0, 0.1) is 16.7 Å². The van der Waals surface area contributed by atoms with Gasteiger partial charge in [0, 0.05) is 55.9 Å². The molecule has 3 nitrogen and oxygen atoms in total. The summed E-state index contributed by atoms with van der Waals surface area (Å²) in [5.74, 6) is 0.729. The SMILES string of the molecule is C\C=C/C=C(\C=C/C)C1CCCC(N2CCN(CC(C)(C)CC(C)(C)Cc3c[nH]c4ccccc34)CC2)CCC1. The number of benzene rings is 1. The van der Waals surface area contributed by atoms with Gasteiger partial charge in [0.15, 0.2) is 0 Å². The van der Waals surface area contributed by atoms with E-state index in [9.17, 15) is 0 Å². The summed E-state index contributed by atoms with van der Waals surface area (Å²) in [5, 5.41) is 1.39. The maximum absolute atomic E-state index is 3.48. The number of allylic oxidation sites excluding steroid dienone is 6. The van der Waals surface area contributed by atoms with Crippen molar-refractivity contribution < 1.29 is 0 Å². The lowest BCUT2D eigenvalue weighted by Gasteiger charge is -2.44. The van der Waals surface area contributed by atoms with Crippen molar-refractivity contribution in [3.05, 3.63) is 72.0 Å². The number of nitrogens with one attached hydrogen (secondary N) is 1. The molecule has 0 radical (unpaired) electrons. The van der Waals surface area contributed by atoms with Crippen molar-refractivity contribution in [3.63, 3.8) is 0 Å². The molecule has 0 unspecified atom stereocenters. The van der Waals surface area contributed by atoms with Gasteiger partial charge in [-0.25, -0.2) is 0 Å². The first-order valence-corrected chi connectivity index (χ1v) is 16.2. The number of aromatic nitrogens is 1. The van der Waals surface area contributed by atoms with Gasteiger partial charge >= 0.3 is 0 Å². The molecular formula is C37H57N3. The monoisotopic (exact) mass is 543 g/mol. The van der Waals surface area contributed by atoms with Crippen molar-refractivity contribution in [2.75, 3.05) is 32.7 Å². The van der Waals surface area contributed by atoms with Crippen molar-refractivity contribution in [3.8, 4) is 0 Å². The molecule has 0 bridgehead atoms. The summed E-state index contributed by atoms with van der Waals surface area (Å²) < 4.78 is 0. The van der Waals surface area contributed by atoms with Crippen molar-refractivity contribution in [2.24, 2.45) is 16.7 Å². The summed E-state index contributed by atoms with van der Waals surface area (Å²) >= 11 is 0. The second kappa shape index (κ2) is 14.2. The lowest BCUT2D eigenvalue weighted by Crippen LogP contribution is -2.52. The minimum atomic E-state index is 0.266. The molecule has 2 heterocycles. The van der Waals surface area contributed by atoms with Crippen LogP contribution in [0.2, 0.25) is 0 Å². The molecule has 1 aliphatic heterocycles. The minimum Gasteiger partial charge on any atom is -0.361 e. The van der Waals surface area contributed by atoms with Gasteiger partial charge in [0.2, 0.25) is 0 Å². The number of fused-ring (bicyclic) bond motifs is 1. The number of hydrogen-bond donors (Lipinski definition) is 1. The van der Waals surface area contributed by atoms with Crippen LogP contribution in [0.4, 0.5) is 0 Å². The number of H-pyrrole nitrogens is 1. The number of para-hydroxylation sites is 1. The van der Waals surface area contributed by atoms with Crippen LogP contribution < -0.4 is 0 Å². The molecule has 0 spiro atoms. The maximum atomic E-state index is 3.48. The highest BCUT2D eigenvalue weighted by Gasteiger charge is 2.33. The fraction of sp³-hybridized carbons (Fsp3) is 0.622. The Morgan fingerprint density at radius 1 is 0.900 bits per heavy atom. The highest BCUT2D eigenvalue weighted by molar-refractivity contribution is 5.83. The largest absolute Gasteiger partial charge is 0.361 e. The summed E-state index contributed by atoms with van der Waals surface area (Å²) in [6.45, 7) is 20.3. The summed E-state index contributed by atoms with van der Waals surface area (Å²) in [5.41, 5.74) is 4.82. The zero-order valence-electron chi connectivity index (χ0n) is 26.5. The molecule has 0 amide bonds. The van der Waals surface area contributed by atoms with Crippen LogP contribution in [0.1, 0.15) is 92.1 Å². The molecule has 1 aromatic carbocycles. The standard InChI is InChI=1S/C37H57N3/c1-7-9-15-30(14-8-2)31-16-12-18-33(19-13-17-31)40-24-22-39(23-25-40)29-37(5,6)28-36(3,4)26-32-27-38-35-21-11-10-20-34(32)35/h7-11,14-15,20-21,27,31,33,38H,12-13,16-19,22-26,28-29H2,1-6H3/b9-7-,14-8-,30-15+. The van der Waals surface area contributed by atoms with Crippen LogP contribution >= 0.6 is 0 Å². The predicted molar refractivity (Wildman–Crippen MR) is 175 cm³/mol. The fourth-order valence-electron chi connectivity index (χ4n) is 8.01.